The van der Waals surface area contributed by atoms with E-state index in [2.05, 4.69) is 13.8 Å². The van der Waals surface area contributed by atoms with E-state index in [0.717, 1.165) is 25.7 Å². The maximum atomic E-state index is 12.2. The van der Waals surface area contributed by atoms with Gasteiger partial charge in [0, 0.05) is 31.2 Å². The van der Waals surface area contributed by atoms with Crippen molar-refractivity contribution in [2.75, 3.05) is 13.2 Å². The minimum atomic E-state index is -0.955. The van der Waals surface area contributed by atoms with Crippen molar-refractivity contribution in [1.82, 2.24) is 0 Å². The molecule has 3 N–H and O–H groups in total. The van der Waals surface area contributed by atoms with E-state index in [1.807, 2.05) is 0 Å². The summed E-state index contributed by atoms with van der Waals surface area (Å²) in [7, 11) is 0. The third kappa shape index (κ3) is 33.7. The summed E-state index contributed by atoms with van der Waals surface area (Å²) in [5, 5.41) is 10.3. The number of aliphatic hydroxyl groups is 1. The lowest BCUT2D eigenvalue weighted by molar-refractivity contribution is -0.145. The van der Waals surface area contributed by atoms with E-state index in [9.17, 15) is 14.7 Å². The highest BCUT2D eigenvalue weighted by Gasteiger charge is 2.31. The van der Waals surface area contributed by atoms with Gasteiger partial charge < -0.3 is 20.3 Å². The SMILES string of the molecule is CCCCCCCCCCCCCCCCCC(=O)OCCC(N)(CCOC(=O)CCCCCCCCCCCCCCCCC)C(C)O. The molecule has 6 nitrogen and oxygen atoms in total. The number of unbranched alkanes of at least 4 members (excludes halogenated alkanes) is 28. The molecule has 1 atom stereocenters. The molecular weight excluding hydrogens is 610 g/mol. The quantitative estimate of drug-likeness (QED) is 0.0490. The van der Waals surface area contributed by atoms with Crippen molar-refractivity contribution in [2.24, 2.45) is 5.73 Å². The molecule has 0 saturated heterocycles. The number of rotatable bonds is 39. The van der Waals surface area contributed by atoms with Gasteiger partial charge in [-0.15, -0.1) is 0 Å². The van der Waals surface area contributed by atoms with Gasteiger partial charge in [0.05, 0.1) is 19.3 Å². The van der Waals surface area contributed by atoms with Crippen LogP contribution in [0.25, 0.3) is 0 Å². The number of nitrogens with two attached hydrogens (primary N) is 1. The topological polar surface area (TPSA) is 98.9 Å². The standard InChI is InChI=1S/C43H85NO5/c1-4-6-8-10-12-14-16-18-20-22-24-26-28-30-32-34-41(46)48-38-36-43(44,40(3)45)37-39-49-42(47)35-33-31-29-27-25-23-21-19-17-15-13-11-9-7-5-2/h40,45H,4-39,44H2,1-3H3. The number of aliphatic hydroxyl groups excluding tert-OH is 1. The number of carbonyl (C=O) groups excluding carboxylic acids is 2. The molecule has 1 unspecified atom stereocenters. The molecule has 0 spiro atoms. The van der Waals surface area contributed by atoms with Crippen LogP contribution in [0.15, 0.2) is 0 Å². The Bertz CT molecular complexity index is 660. The second kappa shape index (κ2) is 36.6. The van der Waals surface area contributed by atoms with Gasteiger partial charge >= 0.3 is 11.9 Å². The Morgan fingerprint density at radius 1 is 0.469 bits per heavy atom. The second-order valence-electron chi connectivity index (χ2n) is 15.2. The molecule has 0 amide bonds. The predicted octanol–water partition coefficient (Wildman–Crippen LogP) is 12.5. The van der Waals surface area contributed by atoms with E-state index < -0.39 is 11.6 Å². The number of esters is 2. The van der Waals surface area contributed by atoms with Gasteiger partial charge in [0.25, 0.3) is 0 Å². The van der Waals surface area contributed by atoms with Crippen LogP contribution in [0.4, 0.5) is 0 Å². The van der Waals surface area contributed by atoms with Crippen LogP contribution >= 0.6 is 0 Å². The summed E-state index contributed by atoms with van der Waals surface area (Å²) < 4.78 is 10.9. The summed E-state index contributed by atoms with van der Waals surface area (Å²) >= 11 is 0. The van der Waals surface area contributed by atoms with Gasteiger partial charge in [-0.1, -0.05) is 194 Å². The average Bonchev–Trinajstić information content (AvgIpc) is 3.08. The highest BCUT2D eigenvalue weighted by atomic mass is 16.5. The van der Waals surface area contributed by atoms with Crippen LogP contribution in [-0.4, -0.2) is 41.9 Å². The van der Waals surface area contributed by atoms with Crippen molar-refractivity contribution in [2.45, 2.75) is 251 Å². The lowest BCUT2D eigenvalue weighted by atomic mass is 9.88. The number of hydrogen-bond donors (Lipinski definition) is 2. The van der Waals surface area contributed by atoms with Gasteiger partial charge in [-0.2, -0.15) is 0 Å². The molecule has 0 radical (unpaired) electrons. The largest absolute Gasteiger partial charge is 0.466 e. The van der Waals surface area contributed by atoms with Gasteiger partial charge in [-0.05, 0) is 19.8 Å². The lowest BCUT2D eigenvalue weighted by Crippen LogP contribution is -2.51. The molecule has 6 heteroatoms. The van der Waals surface area contributed by atoms with Crippen molar-refractivity contribution in [1.29, 1.82) is 0 Å². The summed E-state index contributed by atoms with van der Waals surface area (Å²) in [6.45, 7) is 6.54. The fraction of sp³-hybridized carbons (Fsp3) is 0.953. The monoisotopic (exact) mass is 696 g/mol. The first-order valence-corrected chi connectivity index (χ1v) is 21.6. The van der Waals surface area contributed by atoms with Crippen LogP contribution in [0.2, 0.25) is 0 Å². The molecule has 0 aliphatic rings. The van der Waals surface area contributed by atoms with Gasteiger partial charge in [0.2, 0.25) is 0 Å². The summed E-state index contributed by atoms with van der Waals surface area (Å²) in [6.07, 6.45) is 39.7. The Morgan fingerprint density at radius 2 is 0.694 bits per heavy atom. The van der Waals surface area contributed by atoms with Crippen LogP contribution < -0.4 is 5.73 Å². The minimum absolute atomic E-state index is 0.173. The van der Waals surface area contributed by atoms with E-state index in [1.54, 1.807) is 6.92 Å². The fourth-order valence-electron chi connectivity index (χ4n) is 6.68. The third-order valence-electron chi connectivity index (χ3n) is 10.5. The zero-order valence-corrected chi connectivity index (χ0v) is 33.2. The van der Waals surface area contributed by atoms with Crippen LogP contribution in [-0.2, 0) is 19.1 Å². The summed E-state index contributed by atoms with van der Waals surface area (Å²) in [5.74, 6) is -0.393. The maximum Gasteiger partial charge on any atom is 0.305 e. The van der Waals surface area contributed by atoms with E-state index in [1.165, 1.54) is 167 Å². The van der Waals surface area contributed by atoms with Gasteiger partial charge in [0.1, 0.15) is 0 Å². The second-order valence-corrected chi connectivity index (χ2v) is 15.2. The smallest absolute Gasteiger partial charge is 0.305 e. The van der Waals surface area contributed by atoms with E-state index >= 15 is 0 Å². The molecule has 0 bridgehead atoms. The van der Waals surface area contributed by atoms with Crippen LogP contribution in [0.1, 0.15) is 239 Å². The molecule has 0 fully saturated rings. The first-order valence-electron chi connectivity index (χ1n) is 21.6. The van der Waals surface area contributed by atoms with Gasteiger partial charge in [-0.25, -0.2) is 0 Å². The predicted molar refractivity (Wildman–Crippen MR) is 209 cm³/mol. The van der Waals surface area contributed by atoms with Crippen molar-refractivity contribution in [3.05, 3.63) is 0 Å². The zero-order chi connectivity index (χ0) is 36.1. The lowest BCUT2D eigenvalue weighted by Gasteiger charge is -2.32. The maximum absolute atomic E-state index is 12.2. The Morgan fingerprint density at radius 3 is 0.918 bits per heavy atom. The highest BCUT2D eigenvalue weighted by molar-refractivity contribution is 5.69. The summed E-state index contributed by atoms with van der Waals surface area (Å²) in [5.41, 5.74) is 5.50. The van der Waals surface area contributed by atoms with Crippen molar-refractivity contribution < 1.29 is 24.2 Å². The van der Waals surface area contributed by atoms with Crippen molar-refractivity contribution >= 4 is 11.9 Å². The van der Waals surface area contributed by atoms with Gasteiger partial charge in [0.15, 0.2) is 0 Å². The van der Waals surface area contributed by atoms with Crippen LogP contribution in [0.5, 0.6) is 0 Å². The first kappa shape index (κ1) is 47.9. The first-order chi connectivity index (χ1) is 23.9. The number of ether oxygens (including phenoxy) is 2. The third-order valence-corrected chi connectivity index (χ3v) is 10.5. The molecular formula is C43H85NO5. The van der Waals surface area contributed by atoms with E-state index in [0.29, 0.717) is 25.7 Å². The van der Waals surface area contributed by atoms with Crippen molar-refractivity contribution in [3.63, 3.8) is 0 Å². The Labute approximate surface area is 305 Å². The average molecular weight is 696 g/mol. The normalized spacial score (nSPS) is 12.3. The Balaban J connectivity index is 3.69. The van der Waals surface area contributed by atoms with E-state index in [4.69, 9.17) is 15.2 Å². The fourth-order valence-corrected chi connectivity index (χ4v) is 6.68. The van der Waals surface area contributed by atoms with E-state index in [-0.39, 0.29) is 25.2 Å². The molecule has 0 aromatic rings. The summed E-state index contributed by atoms with van der Waals surface area (Å²) in [6, 6.07) is 0. The Kier molecular flexibility index (Phi) is 35.8. The minimum Gasteiger partial charge on any atom is -0.466 e. The van der Waals surface area contributed by atoms with Gasteiger partial charge in [-0.3, -0.25) is 9.59 Å². The molecule has 0 aliphatic heterocycles. The molecule has 49 heavy (non-hydrogen) atoms. The number of carbonyl (C=O) groups is 2. The molecule has 0 heterocycles. The highest BCUT2D eigenvalue weighted by Crippen LogP contribution is 2.19. The molecule has 0 aromatic carbocycles. The molecule has 0 rings (SSSR count). The molecule has 0 aliphatic carbocycles. The molecule has 0 saturated carbocycles. The molecule has 0 aromatic heterocycles. The van der Waals surface area contributed by atoms with Crippen LogP contribution in [0, 0.1) is 0 Å². The van der Waals surface area contributed by atoms with Crippen molar-refractivity contribution in [3.8, 4) is 0 Å². The van der Waals surface area contributed by atoms with Crippen LogP contribution in [0.3, 0.4) is 0 Å². The summed E-state index contributed by atoms with van der Waals surface area (Å²) in [4.78, 5) is 24.4. The molecule has 292 valence electrons. The Hall–Kier alpha value is -1.14. The zero-order valence-electron chi connectivity index (χ0n) is 33.2. The number of hydrogen-bond acceptors (Lipinski definition) is 6.